The highest BCUT2D eigenvalue weighted by Gasteiger charge is 2.60. The van der Waals surface area contributed by atoms with Crippen LogP contribution < -0.4 is 5.56 Å². The zero-order chi connectivity index (χ0) is 16.8. The molecule has 23 heavy (non-hydrogen) atoms. The molecule has 0 radical (unpaired) electrons. The van der Waals surface area contributed by atoms with Crippen LogP contribution in [0.2, 0.25) is 0 Å². The highest BCUT2D eigenvalue weighted by atomic mass is 16.6. The third-order valence-electron chi connectivity index (χ3n) is 5.14. The number of hydrogen-bond acceptors (Lipinski definition) is 5. The number of aromatic nitrogens is 2. The van der Waals surface area contributed by atoms with Crippen molar-refractivity contribution in [1.82, 2.24) is 9.97 Å². The molecule has 6 nitrogen and oxygen atoms in total. The first-order valence-electron chi connectivity index (χ1n) is 8.18. The normalized spacial score (nSPS) is 28.6. The Morgan fingerprint density at radius 1 is 1.43 bits per heavy atom. The van der Waals surface area contributed by atoms with Crippen LogP contribution in [0.15, 0.2) is 4.79 Å². The number of aryl methyl sites for hydroxylation is 2. The largest absolute Gasteiger partial charge is 0.461 e. The lowest BCUT2D eigenvalue weighted by atomic mass is 9.57. The van der Waals surface area contributed by atoms with Crippen molar-refractivity contribution in [3.8, 4) is 0 Å². The van der Waals surface area contributed by atoms with Gasteiger partial charge in [0.05, 0.1) is 12.5 Å². The molecule has 2 fully saturated rings. The van der Waals surface area contributed by atoms with Crippen molar-refractivity contribution < 1.29 is 14.3 Å². The summed E-state index contributed by atoms with van der Waals surface area (Å²) in [5.41, 5.74) is 0.524. The lowest BCUT2D eigenvalue weighted by molar-refractivity contribution is -0.254. The molecule has 1 aromatic rings. The van der Waals surface area contributed by atoms with Crippen molar-refractivity contribution in [2.24, 2.45) is 11.3 Å². The Morgan fingerprint density at radius 3 is 2.87 bits per heavy atom. The summed E-state index contributed by atoms with van der Waals surface area (Å²) in [6, 6.07) is 0. The number of fused-ring (bicyclic) bond motifs is 1. The maximum absolute atomic E-state index is 12.3. The SMILES string of the molecule is Cc1nc(C)c(CC(=O)O[C@@H]2[C@@H]3CCCO[C@H]3C2(C)C)c(=O)[nH]1. The predicted molar refractivity (Wildman–Crippen MR) is 84.2 cm³/mol. The lowest BCUT2D eigenvalue weighted by Crippen LogP contribution is -2.65. The minimum atomic E-state index is -0.369. The number of carbonyl (C=O) groups is 1. The van der Waals surface area contributed by atoms with E-state index in [1.165, 1.54) is 0 Å². The van der Waals surface area contributed by atoms with Crippen LogP contribution in [-0.2, 0) is 20.7 Å². The van der Waals surface area contributed by atoms with E-state index in [9.17, 15) is 9.59 Å². The third kappa shape index (κ3) is 2.80. The molecule has 3 atom stereocenters. The number of aromatic amines is 1. The highest BCUT2D eigenvalue weighted by Crippen LogP contribution is 2.52. The number of hydrogen-bond donors (Lipinski definition) is 1. The first kappa shape index (κ1) is 16.2. The molecule has 126 valence electrons. The fourth-order valence-corrected chi connectivity index (χ4v) is 4.00. The first-order chi connectivity index (χ1) is 10.8. The summed E-state index contributed by atoms with van der Waals surface area (Å²) in [6.45, 7) is 8.39. The average molecular weight is 320 g/mol. The van der Waals surface area contributed by atoms with Crippen LogP contribution in [0, 0.1) is 25.2 Å². The van der Waals surface area contributed by atoms with E-state index in [1.54, 1.807) is 13.8 Å². The van der Waals surface area contributed by atoms with Gasteiger partial charge in [0.1, 0.15) is 11.9 Å². The summed E-state index contributed by atoms with van der Waals surface area (Å²) in [4.78, 5) is 31.2. The van der Waals surface area contributed by atoms with E-state index in [0.29, 0.717) is 17.1 Å². The molecule has 1 saturated carbocycles. The van der Waals surface area contributed by atoms with Gasteiger partial charge in [-0.3, -0.25) is 9.59 Å². The van der Waals surface area contributed by atoms with E-state index in [1.807, 2.05) is 0 Å². The number of nitrogens with one attached hydrogen (secondary N) is 1. The van der Waals surface area contributed by atoms with Crippen LogP contribution in [0.4, 0.5) is 0 Å². The highest BCUT2D eigenvalue weighted by molar-refractivity contribution is 5.73. The second kappa shape index (κ2) is 5.74. The summed E-state index contributed by atoms with van der Waals surface area (Å²) < 4.78 is 11.5. The standard InChI is InChI=1S/C17H24N2O4/c1-9-12(16(21)19-10(2)18-9)8-13(20)23-15-11-6-5-7-22-14(11)17(15,3)4/h11,14-15H,5-8H2,1-4H3,(H,18,19,21)/t11-,14-,15-/m1/s1. The van der Waals surface area contributed by atoms with Crippen molar-refractivity contribution in [3.05, 3.63) is 27.4 Å². The Kier molecular flexibility index (Phi) is 4.04. The predicted octanol–water partition coefficient (Wildman–Crippen LogP) is 1.68. The summed E-state index contributed by atoms with van der Waals surface area (Å²) in [5, 5.41) is 0. The number of rotatable bonds is 3. The van der Waals surface area contributed by atoms with Crippen molar-refractivity contribution in [2.75, 3.05) is 6.61 Å². The Labute approximate surface area is 135 Å². The second-order valence-electron chi connectivity index (χ2n) is 7.22. The molecule has 0 unspecified atom stereocenters. The van der Waals surface area contributed by atoms with Gasteiger partial charge >= 0.3 is 5.97 Å². The van der Waals surface area contributed by atoms with Gasteiger partial charge < -0.3 is 14.5 Å². The van der Waals surface area contributed by atoms with Crippen molar-refractivity contribution in [2.45, 2.75) is 59.2 Å². The number of nitrogens with zero attached hydrogens (tertiary/aromatic N) is 1. The number of H-pyrrole nitrogens is 1. The molecule has 6 heteroatoms. The van der Waals surface area contributed by atoms with E-state index in [0.717, 1.165) is 19.4 Å². The average Bonchev–Trinajstić information content (AvgIpc) is 2.48. The van der Waals surface area contributed by atoms with E-state index in [-0.39, 0.29) is 41.5 Å². The molecule has 3 rings (SSSR count). The molecule has 1 aliphatic heterocycles. The number of carbonyl (C=O) groups excluding carboxylic acids is 1. The van der Waals surface area contributed by atoms with Crippen molar-refractivity contribution in [3.63, 3.8) is 0 Å². The van der Waals surface area contributed by atoms with E-state index >= 15 is 0 Å². The van der Waals surface area contributed by atoms with Crippen molar-refractivity contribution >= 4 is 5.97 Å². The molecule has 1 saturated heterocycles. The van der Waals surface area contributed by atoms with Crippen molar-refractivity contribution in [1.29, 1.82) is 0 Å². The van der Waals surface area contributed by atoms with Gasteiger partial charge in [-0.1, -0.05) is 13.8 Å². The van der Waals surface area contributed by atoms with Gasteiger partial charge in [0.25, 0.3) is 5.56 Å². The fraction of sp³-hybridized carbons (Fsp3) is 0.706. The van der Waals surface area contributed by atoms with Crippen LogP contribution >= 0.6 is 0 Å². The summed E-state index contributed by atoms with van der Waals surface area (Å²) in [7, 11) is 0. The maximum Gasteiger partial charge on any atom is 0.310 e. The van der Waals surface area contributed by atoms with E-state index < -0.39 is 0 Å². The monoisotopic (exact) mass is 320 g/mol. The molecule has 0 bridgehead atoms. The Bertz CT molecular complexity index is 680. The smallest absolute Gasteiger partial charge is 0.310 e. The Hall–Kier alpha value is -1.69. The number of esters is 1. The van der Waals surface area contributed by atoms with E-state index in [2.05, 4.69) is 23.8 Å². The molecular weight excluding hydrogens is 296 g/mol. The molecule has 0 spiro atoms. The second-order valence-corrected chi connectivity index (χ2v) is 7.22. The van der Waals surface area contributed by atoms with Gasteiger partial charge in [-0.05, 0) is 26.7 Å². The summed E-state index contributed by atoms with van der Waals surface area (Å²) >= 11 is 0. The van der Waals surface area contributed by atoms with E-state index in [4.69, 9.17) is 9.47 Å². The number of ether oxygens (including phenoxy) is 2. The molecule has 1 aliphatic carbocycles. The first-order valence-corrected chi connectivity index (χ1v) is 8.18. The minimum absolute atomic E-state index is 0.0424. The van der Waals surface area contributed by atoms with Crippen LogP contribution in [0.25, 0.3) is 0 Å². The molecule has 1 N–H and O–H groups in total. The van der Waals surface area contributed by atoms with Crippen LogP contribution in [0.1, 0.15) is 43.8 Å². The van der Waals surface area contributed by atoms with Crippen LogP contribution in [0.3, 0.4) is 0 Å². The van der Waals surface area contributed by atoms with Crippen LogP contribution in [0.5, 0.6) is 0 Å². The molecule has 0 amide bonds. The third-order valence-corrected chi connectivity index (χ3v) is 5.14. The minimum Gasteiger partial charge on any atom is -0.461 e. The quantitative estimate of drug-likeness (QED) is 0.857. The Morgan fingerprint density at radius 2 is 2.17 bits per heavy atom. The zero-order valence-electron chi connectivity index (χ0n) is 14.1. The summed E-state index contributed by atoms with van der Waals surface area (Å²) in [6.07, 6.45) is 2.02. The van der Waals surface area contributed by atoms with Gasteiger partial charge in [-0.15, -0.1) is 0 Å². The van der Waals surface area contributed by atoms with Gasteiger partial charge in [0.2, 0.25) is 0 Å². The zero-order valence-corrected chi connectivity index (χ0v) is 14.1. The topological polar surface area (TPSA) is 81.3 Å². The Balaban J connectivity index is 1.70. The van der Waals surface area contributed by atoms with Gasteiger partial charge in [-0.25, -0.2) is 4.98 Å². The molecule has 2 aliphatic rings. The molecule has 1 aromatic heterocycles. The van der Waals surface area contributed by atoms with Gasteiger partial charge in [0.15, 0.2) is 0 Å². The van der Waals surface area contributed by atoms with Gasteiger partial charge in [0, 0.05) is 29.2 Å². The molecule has 2 heterocycles. The molecular formula is C17H24N2O4. The lowest BCUT2D eigenvalue weighted by Gasteiger charge is -2.58. The van der Waals surface area contributed by atoms with Gasteiger partial charge in [-0.2, -0.15) is 0 Å². The molecule has 0 aromatic carbocycles. The van der Waals surface area contributed by atoms with Crippen LogP contribution in [-0.4, -0.2) is 34.8 Å². The fourth-order valence-electron chi connectivity index (χ4n) is 4.00. The maximum atomic E-state index is 12.3. The summed E-state index contributed by atoms with van der Waals surface area (Å²) in [5.74, 6) is 0.455.